The number of oxazole rings is 1. The predicted molar refractivity (Wildman–Crippen MR) is 90.3 cm³/mol. The number of hydrogen-bond donors (Lipinski definition) is 2. The van der Waals surface area contributed by atoms with Crippen LogP contribution in [0.3, 0.4) is 0 Å². The second kappa shape index (κ2) is 7.30. The predicted octanol–water partition coefficient (Wildman–Crippen LogP) is 2.48. The van der Waals surface area contributed by atoms with Crippen LogP contribution in [0.1, 0.15) is 18.4 Å². The number of thioether (sulfide) groups is 1. The zero-order chi connectivity index (χ0) is 16.2. The smallest absolute Gasteiger partial charge is 0.236 e. The van der Waals surface area contributed by atoms with Crippen molar-refractivity contribution >= 4 is 29.0 Å². The van der Waals surface area contributed by atoms with E-state index in [1.807, 2.05) is 23.8 Å². The van der Waals surface area contributed by atoms with Gasteiger partial charge in [-0.1, -0.05) is 6.07 Å². The summed E-state index contributed by atoms with van der Waals surface area (Å²) in [5.74, 6) is 1.59. The summed E-state index contributed by atoms with van der Waals surface area (Å²) >= 11 is 3.08. The Morgan fingerprint density at radius 3 is 3.00 bits per heavy atom. The average Bonchev–Trinajstić information content (AvgIpc) is 3.07. The normalized spacial score (nSPS) is 13.8. The number of carbonyl (C=O) groups is 1. The number of nitrogens with one attached hydrogen (secondary N) is 1. The fourth-order valence-corrected chi connectivity index (χ4v) is 3.34. The van der Waals surface area contributed by atoms with E-state index in [-0.39, 0.29) is 18.9 Å². The lowest BCUT2D eigenvalue weighted by Crippen LogP contribution is -2.43. The largest absolute Gasteiger partial charge is 0.440 e. The summed E-state index contributed by atoms with van der Waals surface area (Å²) in [7, 11) is 0. The van der Waals surface area contributed by atoms with Crippen LogP contribution in [0.2, 0.25) is 0 Å². The first kappa shape index (κ1) is 17.1. The van der Waals surface area contributed by atoms with Gasteiger partial charge in [-0.25, -0.2) is 4.98 Å². The van der Waals surface area contributed by atoms with Crippen molar-refractivity contribution in [3.63, 3.8) is 0 Å². The van der Waals surface area contributed by atoms with Crippen LogP contribution in [0.5, 0.6) is 0 Å². The van der Waals surface area contributed by atoms with Crippen molar-refractivity contribution in [3.8, 4) is 10.8 Å². The zero-order valence-corrected chi connectivity index (χ0v) is 14.5. The van der Waals surface area contributed by atoms with Crippen LogP contribution in [0.4, 0.5) is 0 Å². The number of aromatic nitrogens is 1. The monoisotopic (exact) mass is 340 g/mol. The SMILES string of the molecule is CSC[C@@](C)(O)CNC(=O)Cc1nc(-c2cccs2)oc1C. The fraction of sp³-hybridized carbons (Fsp3) is 0.467. The van der Waals surface area contributed by atoms with Crippen LogP contribution in [0, 0.1) is 6.92 Å². The Bertz CT molecular complexity index is 621. The third-order valence-corrected chi connectivity index (χ3v) is 4.84. The van der Waals surface area contributed by atoms with Crippen LogP contribution < -0.4 is 5.32 Å². The molecule has 120 valence electrons. The molecule has 0 aliphatic heterocycles. The maximum absolute atomic E-state index is 12.0. The van der Waals surface area contributed by atoms with Gasteiger partial charge >= 0.3 is 0 Å². The van der Waals surface area contributed by atoms with Crippen molar-refractivity contribution in [2.24, 2.45) is 0 Å². The van der Waals surface area contributed by atoms with Crippen molar-refractivity contribution in [3.05, 3.63) is 29.0 Å². The molecule has 2 aromatic heterocycles. The molecule has 2 aromatic rings. The lowest BCUT2D eigenvalue weighted by molar-refractivity contribution is -0.121. The molecule has 0 unspecified atom stereocenters. The fourth-order valence-electron chi connectivity index (χ4n) is 1.96. The summed E-state index contributed by atoms with van der Waals surface area (Å²) in [5, 5.41) is 14.7. The van der Waals surface area contributed by atoms with Crippen molar-refractivity contribution in [1.82, 2.24) is 10.3 Å². The number of carbonyl (C=O) groups excluding carboxylic acids is 1. The van der Waals surface area contributed by atoms with Crippen LogP contribution in [0.25, 0.3) is 10.8 Å². The Balaban J connectivity index is 1.95. The highest BCUT2D eigenvalue weighted by molar-refractivity contribution is 7.98. The average molecular weight is 340 g/mol. The van der Waals surface area contributed by atoms with E-state index in [0.29, 0.717) is 23.1 Å². The van der Waals surface area contributed by atoms with Crippen LogP contribution in [-0.4, -0.2) is 40.2 Å². The molecule has 0 saturated heterocycles. The summed E-state index contributed by atoms with van der Waals surface area (Å²) in [6, 6.07) is 3.86. The van der Waals surface area contributed by atoms with E-state index in [4.69, 9.17) is 4.42 Å². The number of aliphatic hydroxyl groups is 1. The van der Waals surface area contributed by atoms with Crippen LogP contribution in [-0.2, 0) is 11.2 Å². The van der Waals surface area contributed by atoms with E-state index in [9.17, 15) is 9.90 Å². The highest BCUT2D eigenvalue weighted by Gasteiger charge is 2.21. The molecule has 0 radical (unpaired) electrons. The zero-order valence-electron chi connectivity index (χ0n) is 12.9. The Hall–Kier alpha value is -1.31. The molecular weight excluding hydrogens is 320 g/mol. The lowest BCUT2D eigenvalue weighted by atomic mass is 10.1. The summed E-state index contributed by atoms with van der Waals surface area (Å²) < 4.78 is 5.61. The van der Waals surface area contributed by atoms with E-state index in [2.05, 4.69) is 10.3 Å². The molecular formula is C15H20N2O3S2. The minimum absolute atomic E-state index is 0.149. The summed E-state index contributed by atoms with van der Waals surface area (Å²) in [5.41, 5.74) is -0.277. The third-order valence-electron chi connectivity index (χ3n) is 3.07. The van der Waals surface area contributed by atoms with Gasteiger partial charge in [0.15, 0.2) is 0 Å². The maximum atomic E-state index is 12.0. The molecule has 0 aromatic carbocycles. The Labute approximate surface area is 138 Å². The molecule has 0 aliphatic carbocycles. The molecule has 5 nitrogen and oxygen atoms in total. The first-order valence-electron chi connectivity index (χ1n) is 6.89. The van der Waals surface area contributed by atoms with Crippen molar-refractivity contribution in [2.45, 2.75) is 25.9 Å². The van der Waals surface area contributed by atoms with E-state index >= 15 is 0 Å². The summed E-state index contributed by atoms with van der Waals surface area (Å²) in [4.78, 5) is 17.3. The first-order chi connectivity index (χ1) is 10.4. The van der Waals surface area contributed by atoms with Gasteiger partial charge in [0.05, 0.1) is 22.6 Å². The quantitative estimate of drug-likeness (QED) is 0.810. The second-order valence-electron chi connectivity index (χ2n) is 5.38. The molecule has 0 spiro atoms. The van der Waals surface area contributed by atoms with Gasteiger partial charge in [-0.05, 0) is 31.5 Å². The number of aryl methyl sites for hydroxylation is 1. The molecule has 1 atom stereocenters. The Kier molecular flexibility index (Phi) is 5.66. The standard InChI is InChI=1S/C15H20N2O3S2/c1-10-11(17-14(20-10)12-5-4-6-22-12)7-13(18)16-8-15(2,19)9-21-3/h4-6,19H,7-9H2,1-3H3,(H,16,18)/t15-/m0/s1. The maximum Gasteiger partial charge on any atom is 0.236 e. The molecule has 0 bridgehead atoms. The van der Waals surface area contributed by atoms with Gasteiger partial charge in [-0.2, -0.15) is 11.8 Å². The molecule has 1 amide bonds. The van der Waals surface area contributed by atoms with E-state index in [1.165, 1.54) is 0 Å². The van der Waals surface area contributed by atoms with Crippen molar-refractivity contribution in [1.29, 1.82) is 0 Å². The molecule has 0 fully saturated rings. The molecule has 7 heteroatoms. The Morgan fingerprint density at radius 2 is 2.36 bits per heavy atom. The summed E-state index contributed by atoms with van der Waals surface area (Å²) in [6.45, 7) is 3.73. The van der Waals surface area contributed by atoms with Gasteiger partial charge in [-0.15, -0.1) is 11.3 Å². The third kappa shape index (κ3) is 4.59. The van der Waals surface area contributed by atoms with Gasteiger partial charge in [0.1, 0.15) is 5.76 Å². The molecule has 0 aliphatic rings. The second-order valence-corrected chi connectivity index (χ2v) is 7.20. The topological polar surface area (TPSA) is 75.4 Å². The molecule has 2 rings (SSSR count). The van der Waals surface area contributed by atoms with Crippen LogP contribution in [0.15, 0.2) is 21.9 Å². The number of nitrogens with zero attached hydrogens (tertiary/aromatic N) is 1. The van der Waals surface area contributed by atoms with Crippen molar-refractivity contribution < 1.29 is 14.3 Å². The van der Waals surface area contributed by atoms with Gasteiger partial charge in [0.25, 0.3) is 0 Å². The number of amides is 1. The molecule has 0 saturated carbocycles. The van der Waals surface area contributed by atoms with E-state index in [1.54, 1.807) is 36.9 Å². The number of rotatable bonds is 7. The molecule has 22 heavy (non-hydrogen) atoms. The van der Waals surface area contributed by atoms with E-state index in [0.717, 1.165) is 4.88 Å². The lowest BCUT2D eigenvalue weighted by Gasteiger charge is -2.22. The first-order valence-corrected chi connectivity index (χ1v) is 9.17. The highest BCUT2D eigenvalue weighted by atomic mass is 32.2. The van der Waals surface area contributed by atoms with E-state index < -0.39 is 5.60 Å². The highest BCUT2D eigenvalue weighted by Crippen LogP contribution is 2.26. The van der Waals surface area contributed by atoms with Gasteiger partial charge in [0.2, 0.25) is 11.8 Å². The van der Waals surface area contributed by atoms with Gasteiger partial charge in [-0.3, -0.25) is 4.79 Å². The minimum Gasteiger partial charge on any atom is -0.440 e. The van der Waals surface area contributed by atoms with Gasteiger partial charge in [0, 0.05) is 12.3 Å². The Morgan fingerprint density at radius 1 is 1.59 bits per heavy atom. The number of thiophene rings is 1. The van der Waals surface area contributed by atoms with Gasteiger partial charge < -0.3 is 14.8 Å². The van der Waals surface area contributed by atoms with Crippen LogP contribution >= 0.6 is 23.1 Å². The molecule has 2 heterocycles. The van der Waals surface area contributed by atoms with Crippen molar-refractivity contribution in [2.75, 3.05) is 18.6 Å². The number of hydrogen-bond acceptors (Lipinski definition) is 6. The molecule has 2 N–H and O–H groups in total. The summed E-state index contributed by atoms with van der Waals surface area (Å²) in [6.07, 6.45) is 2.07. The minimum atomic E-state index is -0.907.